The summed E-state index contributed by atoms with van der Waals surface area (Å²) in [7, 11) is 0. The highest BCUT2D eigenvalue weighted by molar-refractivity contribution is 9.10. The van der Waals surface area contributed by atoms with Gasteiger partial charge in [-0.05, 0) is 60.0 Å². The average Bonchev–Trinajstić information content (AvgIpc) is 2.79. The maximum Gasteiger partial charge on any atom is 0.240 e. The number of anilines is 1. The molecule has 0 aliphatic heterocycles. The Morgan fingerprint density at radius 2 is 1.66 bits per heavy atom. The Labute approximate surface area is 195 Å². The number of benzene rings is 3. The van der Waals surface area contributed by atoms with Gasteiger partial charge in [-0.1, -0.05) is 52.3 Å². The second-order valence-corrected chi connectivity index (χ2v) is 7.96. The minimum absolute atomic E-state index is 0.131. The molecule has 32 heavy (non-hydrogen) atoms. The maximum atomic E-state index is 12.0. The van der Waals surface area contributed by atoms with Crippen molar-refractivity contribution in [2.24, 2.45) is 5.10 Å². The fourth-order valence-electron chi connectivity index (χ4n) is 2.82. The highest BCUT2D eigenvalue weighted by atomic mass is 79.9. The Hall–Kier alpha value is -3.45. The molecule has 0 aliphatic rings. The van der Waals surface area contributed by atoms with E-state index in [2.05, 4.69) is 31.8 Å². The van der Waals surface area contributed by atoms with Gasteiger partial charge in [0.1, 0.15) is 12.4 Å². The second-order valence-electron chi connectivity index (χ2n) is 7.05. The average molecular weight is 494 g/mol. The molecule has 2 N–H and O–H groups in total. The standard InChI is InChI=1S/C25H24BrN3O3/c26-21-8-4-9-22(16-21)28-24(30)10-5-11-25(31)29-27-17-19-12-14-23(15-13-19)32-18-20-6-2-1-3-7-20/h1-4,6-9,12-17H,5,10-11,18H2,(H,28,30)(H,29,31). The predicted molar refractivity (Wildman–Crippen MR) is 130 cm³/mol. The van der Waals surface area contributed by atoms with E-state index in [1.807, 2.05) is 78.9 Å². The number of hydrogen-bond acceptors (Lipinski definition) is 4. The summed E-state index contributed by atoms with van der Waals surface area (Å²) in [5.74, 6) is 0.393. The van der Waals surface area contributed by atoms with Gasteiger partial charge in [-0.15, -0.1) is 0 Å². The highest BCUT2D eigenvalue weighted by Crippen LogP contribution is 2.16. The number of hydrogen-bond donors (Lipinski definition) is 2. The zero-order valence-corrected chi connectivity index (χ0v) is 19.0. The summed E-state index contributed by atoms with van der Waals surface area (Å²) >= 11 is 3.36. The first-order chi connectivity index (χ1) is 15.6. The van der Waals surface area contributed by atoms with E-state index in [0.29, 0.717) is 13.0 Å². The largest absolute Gasteiger partial charge is 0.489 e. The van der Waals surface area contributed by atoms with Crippen molar-refractivity contribution >= 4 is 39.6 Å². The van der Waals surface area contributed by atoms with Crippen molar-refractivity contribution < 1.29 is 14.3 Å². The molecule has 0 heterocycles. The maximum absolute atomic E-state index is 12.0. The fourth-order valence-corrected chi connectivity index (χ4v) is 3.22. The molecule has 0 aromatic heterocycles. The van der Waals surface area contributed by atoms with Crippen LogP contribution in [0.25, 0.3) is 0 Å². The normalized spacial score (nSPS) is 10.7. The fraction of sp³-hybridized carbons (Fsp3) is 0.160. The minimum atomic E-state index is -0.237. The van der Waals surface area contributed by atoms with Gasteiger partial charge in [-0.3, -0.25) is 9.59 Å². The molecule has 3 aromatic carbocycles. The first kappa shape index (κ1) is 23.2. The molecule has 0 spiro atoms. The van der Waals surface area contributed by atoms with E-state index < -0.39 is 0 Å². The number of amides is 2. The third kappa shape index (κ3) is 8.35. The van der Waals surface area contributed by atoms with E-state index in [-0.39, 0.29) is 24.7 Å². The Kier molecular flexibility index (Phi) is 9.01. The summed E-state index contributed by atoms with van der Waals surface area (Å²) in [6, 6.07) is 24.8. The monoisotopic (exact) mass is 493 g/mol. The van der Waals surface area contributed by atoms with Gasteiger partial charge in [0.25, 0.3) is 0 Å². The lowest BCUT2D eigenvalue weighted by Gasteiger charge is -2.06. The number of carbonyl (C=O) groups excluding carboxylic acids is 2. The molecular weight excluding hydrogens is 470 g/mol. The molecular formula is C25H24BrN3O3. The van der Waals surface area contributed by atoms with Crippen LogP contribution in [0.3, 0.4) is 0 Å². The van der Waals surface area contributed by atoms with Gasteiger partial charge in [0.05, 0.1) is 6.21 Å². The van der Waals surface area contributed by atoms with Crippen LogP contribution < -0.4 is 15.5 Å². The van der Waals surface area contributed by atoms with Crippen LogP contribution in [0.1, 0.15) is 30.4 Å². The number of ether oxygens (including phenoxy) is 1. The molecule has 0 saturated carbocycles. The van der Waals surface area contributed by atoms with Crippen molar-refractivity contribution in [3.63, 3.8) is 0 Å². The Morgan fingerprint density at radius 1 is 0.906 bits per heavy atom. The SMILES string of the molecule is O=C(CCCC(=O)Nc1cccc(Br)c1)NN=Cc1ccc(OCc2ccccc2)cc1. The topological polar surface area (TPSA) is 79.8 Å². The first-order valence-corrected chi connectivity index (χ1v) is 11.0. The third-order valence-corrected chi connectivity index (χ3v) is 4.94. The summed E-state index contributed by atoms with van der Waals surface area (Å²) in [6.07, 6.45) is 2.48. The van der Waals surface area contributed by atoms with Gasteiger partial charge in [0, 0.05) is 23.0 Å². The number of halogens is 1. The molecule has 7 heteroatoms. The van der Waals surface area contributed by atoms with Crippen molar-refractivity contribution in [1.29, 1.82) is 0 Å². The van der Waals surface area contributed by atoms with Crippen molar-refractivity contribution in [3.8, 4) is 5.75 Å². The molecule has 2 amide bonds. The molecule has 0 bridgehead atoms. The molecule has 3 aromatic rings. The van der Waals surface area contributed by atoms with Gasteiger partial charge in [0.2, 0.25) is 11.8 Å². The Morgan fingerprint density at radius 3 is 2.41 bits per heavy atom. The minimum Gasteiger partial charge on any atom is -0.489 e. The van der Waals surface area contributed by atoms with E-state index in [9.17, 15) is 9.59 Å². The molecule has 0 saturated heterocycles. The quantitative estimate of drug-likeness (QED) is 0.297. The van der Waals surface area contributed by atoms with Crippen LogP contribution >= 0.6 is 15.9 Å². The van der Waals surface area contributed by atoms with E-state index in [1.165, 1.54) is 0 Å². The highest BCUT2D eigenvalue weighted by Gasteiger charge is 2.05. The van der Waals surface area contributed by atoms with E-state index >= 15 is 0 Å². The number of hydrazone groups is 1. The number of carbonyl (C=O) groups is 2. The van der Waals surface area contributed by atoms with Crippen LogP contribution in [0.4, 0.5) is 5.69 Å². The number of nitrogens with zero attached hydrogens (tertiary/aromatic N) is 1. The molecule has 0 fully saturated rings. The molecule has 0 unspecified atom stereocenters. The Bertz CT molecular complexity index is 1050. The van der Waals surface area contributed by atoms with Crippen LogP contribution in [0, 0.1) is 0 Å². The van der Waals surface area contributed by atoms with Crippen LogP contribution in [-0.4, -0.2) is 18.0 Å². The predicted octanol–water partition coefficient (Wildman–Crippen LogP) is 5.29. The smallest absolute Gasteiger partial charge is 0.240 e. The molecule has 3 rings (SSSR count). The molecule has 0 radical (unpaired) electrons. The van der Waals surface area contributed by atoms with Gasteiger partial charge in [-0.2, -0.15) is 5.10 Å². The van der Waals surface area contributed by atoms with Gasteiger partial charge < -0.3 is 10.1 Å². The molecule has 0 atom stereocenters. The van der Waals surface area contributed by atoms with Crippen LogP contribution in [0.15, 0.2) is 88.4 Å². The lowest BCUT2D eigenvalue weighted by atomic mass is 10.2. The zero-order chi connectivity index (χ0) is 22.6. The summed E-state index contributed by atoms with van der Waals surface area (Å²) < 4.78 is 6.64. The second kappa shape index (κ2) is 12.4. The molecule has 0 aliphatic carbocycles. The first-order valence-electron chi connectivity index (χ1n) is 10.2. The summed E-state index contributed by atoms with van der Waals surface area (Å²) in [6.45, 7) is 0.505. The van der Waals surface area contributed by atoms with E-state index in [1.54, 1.807) is 6.21 Å². The lowest BCUT2D eigenvalue weighted by Crippen LogP contribution is -2.18. The number of rotatable bonds is 10. The van der Waals surface area contributed by atoms with Gasteiger partial charge in [0.15, 0.2) is 0 Å². The molecule has 164 valence electrons. The van der Waals surface area contributed by atoms with Crippen molar-refractivity contribution in [1.82, 2.24) is 5.43 Å². The molecule has 6 nitrogen and oxygen atoms in total. The van der Waals surface area contributed by atoms with Crippen molar-refractivity contribution in [3.05, 3.63) is 94.5 Å². The van der Waals surface area contributed by atoms with Crippen LogP contribution in [0.5, 0.6) is 5.75 Å². The van der Waals surface area contributed by atoms with E-state index in [4.69, 9.17) is 4.74 Å². The summed E-state index contributed by atoms with van der Waals surface area (Å²) in [5, 5.41) is 6.77. The third-order valence-electron chi connectivity index (χ3n) is 4.45. The lowest BCUT2D eigenvalue weighted by molar-refractivity contribution is -0.121. The van der Waals surface area contributed by atoms with Gasteiger partial charge >= 0.3 is 0 Å². The summed E-state index contributed by atoms with van der Waals surface area (Å²) in [5.41, 5.74) is 5.14. The van der Waals surface area contributed by atoms with E-state index in [0.717, 1.165) is 27.0 Å². The van der Waals surface area contributed by atoms with Crippen molar-refractivity contribution in [2.45, 2.75) is 25.9 Å². The number of nitrogens with one attached hydrogen (secondary N) is 2. The van der Waals surface area contributed by atoms with Crippen LogP contribution in [-0.2, 0) is 16.2 Å². The van der Waals surface area contributed by atoms with Crippen molar-refractivity contribution in [2.75, 3.05) is 5.32 Å². The zero-order valence-electron chi connectivity index (χ0n) is 17.5. The summed E-state index contributed by atoms with van der Waals surface area (Å²) in [4.78, 5) is 23.9. The van der Waals surface area contributed by atoms with Crippen LogP contribution in [0.2, 0.25) is 0 Å². The Balaban J connectivity index is 1.33. The van der Waals surface area contributed by atoms with Gasteiger partial charge in [-0.25, -0.2) is 5.43 Å².